The lowest BCUT2D eigenvalue weighted by Gasteiger charge is -2.33. The first-order chi connectivity index (χ1) is 9.29. The molecule has 0 spiro atoms. The van der Waals surface area contributed by atoms with Crippen molar-refractivity contribution < 1.29 is 4.74 Å². The molecule has 0 saturated carbocycles. The van der Waals surface area contributed by atoms with Crippen molar-refractivity contribution in [3.05, 3.63) is 23.9 Å². The summed E-state index contributed by atoms with van der Waals surface area (Å²) in [6.45, 7) is 7.15. The molecule has 1 fully saturated rings. The lowest BCUT2D eigenvalue weighted by atomic mass is 9.97. The van der Waals surface area contributed by atoms with Gasteiger partial charge < -0.3 is 15.0 Å². The molecular weight excluding hydrogens is 238 g/mol. The highest BCUT2D eigenvalue weighted by Crippen LogP contribution is 2.21. The molecular formula is C15H25N3O. The molecule has 0 radical (unpaired) electrons. The molecule has 1 aromatic rings. The molecule has 0 atom stereocenters. The lowest BCUT2D eigenvalue weighted by molar-refractivity contribution is 0.196. The number of aromatic nitrogens is 1. The molecule has 1 saturated heterocycles. The smallest absolute Gasteiger partial charge is 0.128 e. The van der Waals surface area contributed by atoms with Crippen LogP contribution in [0.15, 0.2) is 18.2 Å². The number of methoxy groups -OCH3 is 1. The highest BCUT2D eigenvalue weighted by atomic mass is 16.5. The summed E-state index contributed by atoms with van der Waals surface area (Å²) in [7, 11) is 1.75. The predicted molar refractivity (Wildman–Crippen MR) is 78.7 cm³/mol. The first kappa shape index (κ1) is 14.3. The Morgan fingerprint density at radius 2 is 2.16 bits per heavy atom. The molecule has 0 aliphatic carbocycles. The van der Waals surface area contributed by atoms with Gasteiger partial charge in [0.25, 0.3) is 0 Å². The Balaban J connectivity index is 1.73. The Labute approximate surface area is 116 Å². The highest BCUT2D eigenvalue weighted by molar-refractivity contribution is 5.39. The summed E-state index contributed by atoms with van der Waals surface area (Å²) < 4.78 is 5.04. The van der Waals surface area contributed by atoms with E-state index >= 15 is 0 Å². The van der Waals surface area contributed by atoms with Gasteiger partial charge in [-0.15, -0.1) is 0 Å². The third-order valence-corrected chi connectivity index (χ3v) is 3.73. The minimum absolute atomic E-state index is 0.790. The van der Waals surface area contributed by atoms with Crippen LogP contribution >= 0.6 is 0 Å². The van der Waals surface area contributed by atoms with Gasteiger partial charge in [0.2, 0.25) is 0 Å². The van der Waals surface area contributed by atoms with Gasteiger partial charge in [-0.3, -0.25) is 0 Å². The van der Waals surface area contributed by atoms with Gasteiger partial charge in [0.05, 0.1) is 6.61 Å². The predicted octanol–water partition coefficient (Wildman–Crippen LogP) is 1.84. The van der Waals surface area contributed by atoms with Crippen LogP contribution in [0.4, 0.5) is 5.82 Å². The topological polar surface area (TPSA) is 37.4 Å². The molecule has 106 valence electrons. The van der Waals surface area contributed by atoms with Gasteiger partial charge in [-0.05, 0) is 44.4 Å². The zero-order valence-corrected chi connectivity index (χ0v) is 12.1. The standard InChI is InChI=1S/C15H25N3O/c1-13-4-3-5-15(17-13)18-9-6-14(7-10-18)12-16-8-11-19-2/h3-5,14,16H,6-12H2,1-2H3. The van der Waals surface area contributed by atoms with Crippen LogP contribution in [0.5, 0.6) is 0 Å². The number of anilines is 1. The number of ether oxygens (including phenoxy) is 1. The van der Waals surface area contributed by atoms with E-state index in [1.807, 2.05) is 0 Å². The Hall–Kier alpha value is -1.13. The largest absolute Gasteiger partial charge is 0.383 e. The first-order valence-corrected chi connectivity index (χ1v) is 7.18. The molecule has 1 aliphatic heterocycles. The van der Waals surface area contributed by atoms with E-state index in [9.17, 15) is 0 Å². The van der Waals surface area contributed by atoms with Crippen LogP contribution in [0.25, 0.3) is 0 Å². The fraction of sp³-hybridized carbons (Fsp3) is 0.667. The van der Waals surface area contributed by atoms with Crippen molar-refractivity contribution in [1.29, 1.82) is 0 Å². The summed E-state index contributed by atoms with van der Waals surface area (Å²) in [5.74, 6) is 1.92. The van der Waals surface area contributed by atoms with Crippen LogP contribution < -0.4 is 10.2 Å². The van der Waals surface area contributed by atoms with Crippen LogP contribution in [0, 0.1) is 12.8 Å². The molecule has 0 aromatic carbocycles. The van der Waals surface area contributed by atoms with Crippen LogP contribution in [-0.4, -0.2) is 44.9 Å². The Morgan fingerprint density at radius 1 is 1.37 bits per heavy atom. The van der Waals surface area contributed by atoms with E-state index < -0.39 is 0 Å². The van der Waals surface area contributed by atoms with Gasteiger partial charge in [0.1, 0.15) is 5.82 Å². The average molecular weight is 263 g/mol. The molecule has 0 bridgehead atoms. The van der Waals surface area contributed by atoms with Crippen molar-refractivity contribution in [2.24, 2.45) is 5.92 Å². The fourth-order valence-corrected chi connectivity index (χ4v) is 2.55. The number of hydrogen-bond donors (Lipinski definition) is 1. The molecule has 2 rings (SSSR count). The second-order valence-corrected chi connectivity index (χ2v) is 5.26. The van der Waals surface area contributed by atoms with Crippen LogP contribution in [0.2, 0.25) is 0 Å². The van der Waals surface area contributed by atoms with Crippen molar-refractivity contribution >= 4 is 5.82 Å². The maximum Gasteiger partial charge on any atom is 0.128 e. The summed E-state index contributed by atoms with van der Waals surface area (Å²) in [6.07, 6.45) is 2.49. The molecule has 4 nitrogen and oxygen atoms in total. The molecule has 4 heteroatoms. The summed E-state index contributed by atoms with van der Waals surface area (Å²) in [5.41, 5.74) is 1.10. The van der Waals surface area contributed by atoms with Crippen molar-refractivity contribution in [2.45, 2.75) is 19.8 Å². The zero-order chi connectivity index (χ0) is 13.5. The van der Waals surface area contributed by atoms with Crippen molar-refractivity contribution in [3.63, 3.8) is 0 Å². The maximum absolute atomic E-state index is 5.04. The minimum Gasteiger partial charge on any atom is -0.383 e. The van der Waals surface area contributed by atoms with E-state index in [0.29, 0.717) is 0 Å². The first-order valence-electron chi connectivity index (χ1n) is 7.18. The summed E-state index contributed by atoms with van der Waals surface area (Å²) in [5, 5.41) is 3.46. The van der Waals surface area contributed by atoms with Crippen molar-refractivity contribution in [1.82, 2.24) is 10.3 Å². The SMILES string of the molecule is COCCNCC1CCN(c2cccc(C)n2)CC1. The number of nitrogens with one attached hydrogen (secondary N) is 1. The minimum atomic E-state index is 0.790. The van der Waals surface area contributed by atoms with E-state index in [0.717, 1.165) is 50.2 Å². The van der Waals surface area contributed by atoms with E-state index in [1.54, 1.807) is 7.11 Å². The number of rotatable bonds is 6. The van der Waals surface area contributed by atoms with Gasteiger partial charge in [0.15, 0.2) is 0 Å². The second-order valence-electron chi connectivity index (χ2n) is 5.26. The molecule has 19 heavy (non-hydrogen) atoms. The van der Waals surface area contributed by atoms with Gasteiger partial charge in [-0.1, -0.05) is 6.07 Å². The van der Waals surface area contributed by atoms with Gasteiger partial charge >= 0.3 is 0 Å². The third kappa shape index (κ3) is 4.48. The highest BCUT2D eigenvalue weighted by Gasteiger charge is 2.19. The molecule has 1 aromatic heterocycles. The molecule has 1 aliphatic rings. The number of piperidine rings is 1. The number of nitrogens with zero attached hydrogens (tertiary/aromatic N) is 2. The average Bonchev–Trinajstić information content (AvgIpc) is 2.44. The molecule has 0 unspecified atom stereocenters. The summed E-state index contributed by atoms with van der Waals surface area (Å²) in [4.78, 5) is 7.00. The number of hydrogen-bond acceptors (Lipinski definition) is 4. The maximum atomic E-state index is 5.04. The third-order valence-electron chi connectivity index (χ3n) is 3.73. The van der Waals surface area contributed by atoms with E-state index in [1.165, 1.54) is 12.8 Å². The Bertz CT molecular complexity index is 375. The molecule has 1 N–H and O–H groups in total. The number of pyridine rings is 1. The number of aryl methyl sites for hydroxylation is 1. The van der Waals surface area contributed by atoms with Gasteiger partial charge in [-0.2, -0.15) is 0 Å². The normalized spacial score (nSPS) is 16.8. The van der Waals surface area contributed by atoms with E-state index in [2.05, 4.69) is 40.3 Å². The second kappa shape index (κ2) is 7.46. The van der Waals surface area contributed by atoms with Crippen molar-refractivity contribution in [2.75, 3.05) is 44.8 Å². The van der Waals surface area contributed by atoms with Crippen LogP contribution in [-0.2, 0) is 4.74 Å². The quantitative estimate of drug-likeness (QED) is 0.795. The van der Waals surface area contributed by atoms with E-state index in [4.69, 9.17) is 4.74 Å². The molecule has 2 heterocycles. The Kier molecular flexibility index (Phi) is 5.61. The van der Waals surface area contributed by atoms with E-state index in [-0.39, 0.29) is 0 Å². The summed E-state index contributed by atoms with van der Waals surface area (Å²) >= 11 is 0. The Morgan fingerprint density at radius 3 is 2.84 bits per heavy atom. The summed E-state index contributed by atoms with van der Waals surface area (Å²) in [6, 6.07) is 6.26. The lowest BCUT2D eigenvalue weighted by Crippen LogP contribution is -2.38. The molecule has 0 amide bonds. The van der Waals surface area contributed by atoms with Gasteiger partial charge in [0, 0.05) is 32.4 Å². The van der Waals surface area contributed by atoms with Crippen molar-refractivity contribution in [3.8, 4) is 0 Å². The van der Waals surface area contributed by atoms with Crippen LogP contribution in [0.3, 0.4) is 0 Å². The zero-order valence-electron chi connectivity index (χ0n) is 12.1. The fourth-order valence-electron chi connectivity index (χ4n) is 2.55. The van der Waals surface area contributed by atoms with Gasteiger partial charge in [-0.25, -0.2) is 4.98 Å². The monoisotopic (exact) mass is 263 g/mol. The van der Waals surface area contributed by atoms with Crippen LogP contribution in [0.1, 0.15) is 18.5 Å².